The van der Waals surface area contributed by atoms with Crippen LogP contribution in [0, 0.1) is 6.92 Å². The molecule has 1 aliphatic heterocycles. The molecule has 0 N–H and O–H groups in total. The number of rotatable bonds is 6. The Morgan fingerprint density at radius 3 is 2.96 bits per heavy atom. The van der Waals surface area contributed by atoms with Crippen LogP contribution in [-0.2, 0) is 11.3 Å². The summed E-state index contributed by atoms with van der Waals surface area (Å²) in [5.41, 5.74) is 1.69. The van der Waals surface area contributed by atoms with Crippen molar-refractivity contribution < 1.29 is 14.3 Å². The van der Waals surface area contributed by atoms with Crippen molar-refractivity contribution in [1.82, 2.24) is 4.90 Å². The molecule has 1 aromatic heterocycles. The monoisotopic (exact) mass is 345 g/mol. The standard InChI is InChI=1S/C19H23NO3S/c1-14-7-8-15(11-18(14)22-2)19(21)20(12-16-5-3-9-23-16)13-17-6-4-10-24-17/h4,6-8,10-11,16H,3,5,9,12-13H2,1-2H3. The number of aryl methyl sites for hydroxylation is 1. The number of carbonyl (C=O) groups excluding carboxylic acids is 1. The first kappa shape index (κ1) is 17.0. The molecule has 1 unspecified atom stereocenters. The summed E-state index contributed by atoms with van der Waals surface area (Å²) in [5.74, 6) is 0.770. The Morgan fingerprint density at radius 2 is 2.29 bits per heavy atom. The lowest BCUT2D eigenvalue weighted by Gasteiger charge is -2.25. The summed E-state index contributed by atoms with van der Waals surface area (Å²) in [7, 11) is 1.63. The Labute approximate surface area is 147 Å². The molecule has 0 aliphatic carbocycles. The zero-order chi connectivity index (χ0) is 16.9. The first-order valence-electron chi connectivity index (χ1n) is 8.25. The molecule has 1 amide bonds. The minimum absolute atomic E-state index is 0.0252. The highest BCUT2D eigenvalue weighted by Gasteiger charge is 2.24. The molecule has 1 atom stereocenters. The molecule has 0 saturated carbocycles. The van der Waals surface area contributed by atoms with Crippen LogP contribution in [0.2, 0.25) is 0 Å². The lowest BCUT2D eigenvalue weighted by molar-refractivity contribution is 0.0509. The summed E-state index contributed by atoms with van der Waals surface area (Å²) in [6, 6.07) is 9.72. The molecular formula is C19H23NO3S. The van der Waals surface area contributed by atoms with Crippen molar-refractivity contribution in [3.63, 3.8) is 0 Å². The van der Waals surface area contributed by atoms with Gasteiger partial charge in [0.25, 0.3) is 5.91 Å². The van der Waals surface area contributed by atoms with Gasteiger partial charge >= 0.3 is 0 Å². The minimum atomic E-state index is 0.0252. The second kappa shape index (κ2) is 7.81. The summed E-state index contributed by atoms with van der Waals surface area (Å²) < 4.78 is 11.1. The third kappa shape index (κ3) is 3.97. The molecule has 5 heteroatoms. The average Bonchev–Trinajstić information content (AvgIpc) is 3.28. The fourth-order valence-corrected chi connectivity index (χ4v) is 3.70. The zero-order valence-corrected chi connectivity index (χ0v) is 15.0. The van der Waals surface area contributed by atoms with Crippen molar-refractivity contribution in [1.29, 1.82) is 0 Å². The predicted octanol–water partition coefficient (Wildman–Crippen LogP) is 3.89. The molecule has 4 nitrogen and oxygen atoms in total. The molecule has 2 aromatic rings. The molecule has 1 aromatic carbocycles. The van der Waals surface area contributed by atoms with Crippen LogP contribution in [0.15, 0.2) is 35.7 Å². The van der Waals surface area contributed by atoms with Gasteiger partial charge in [-0.2, -0.15) is 0 Å². The normalized spacial score (nSPS) is 17.0. The smallest absolute Gasteiger partial charge is 0.254 e. The van der Waals surface area contributed by atoms with Gasteiger partial charge in [-0.1, -0.05) is 12.1 Å². The number of hydrogen-bond acceptors (Lipinski definition) is 4. The Balaban J connectivity index is 1.81. The van der Waals surface area contributed by atoms with Gasteiger partial charge in [0.2, 0.25) is 0 Å². The summed E-state index contributed by atoms with van der Waals surface area (Å²) in [6.07, 6.45) is 2.23. The number of ether oxygens (including phenoxy) is 2. The lowest BCUT2D eigenvalue weighted by atomic mass is 10.1. The molecule has 2 heterocycles. The van der Waals surface area contributed by atoms with Crippen LogP contribution in [0.5, 0.6) is 5.75 Å². The van der Waals surface area contributed by atoms with Gasteiger partial charge in [-0.3, -0.25) is 4.79 Å². The quantitative estimate of drug-likeness (QED) is 0.797. The van der Waals surface area contributed by atoms with E-state index in [1.165, 1.54) is 4.88 Å². The summed E-state index contributed by atoms with van der Waals surface area (Å²) in [5, 5.41) is 2.04. The van der Waals surface area contributed by atoms with Crippen molar-refractivity contribution >= 4 is 17.2 Å². The maximum atomic E-state index is 13.1. The molecule has 1 saturated heterocycles. The molecule has 0 radical (unpaired) electrons. The Kier molecular flexibility index (Phi) is 5.53. The molecule has 0 bridgehead atoms. The summed E-state index contributed by atoms with van der Waals surface area (Å²) >= 11 is 1.67. The third-order valence-electron chi connectivity index (χ3n) is 4.32. The Hall–Kier alpha value is -1.85. The van der Waals surface area contributed by atoms with E-state index in [0.717, 1.165) is 30.8 Å². The van der Waals surface area contributed by atoms with Crippen LogP contribution in [-0.4, -0.2) is 37.2 Å². The summed E-state index contributed by atoms with van der Waals surface area (Å²) in [4.78, 5) is 16.1. The predicted molar refractivity (Wildman–Crippen MR) is 95.8 cm³/mol. The molecule has 0 spiro atoms. The van der Waals surface area contributed by atoms with Crippen molar-refractivity contribution in [2.24, 2.45) is 0 Å². The van der Waals surface area contributed by atoms with E-state index in [1.807, 2.05) is 41.5 Å². The van der Waals surface area contributed by atoms with E-state index in [-0.39, 0.29) is 12.0 Å². The van der Waals surface area contributed by atoms with Crippen LogP contribution >= 0.6 is 11.3 Å². The number of methoxy groups -OCH3 is 1. The van der Waals surface area contributed by atoms with Gasteiger partial charge in [0.05, 0.1) is 19.8 Å². The van der Waals surface area contributed by atoms with Crippen LogP contribution in [0.25, 0.3) is 0 Å². The van der Waals surface area contributed by atoms with Gasteiger partial charge in [0.15, 0.2) is 0 Å². The third-order valence-corrected chi connectivity index (χ3v) is 5.18. The van der Waals surface area contributed by atoms with Crippen LogP contribution in [0.4, 0.5) is 0 Å². The van der Waals surface area contributed by atoms with Crippen LogP contribution in [0.3, 0.4) is 0 Å². The van der Waals surface area contributed by atoms with E-state index < -0.39 is 0 Å². The highest BCUT2D eigenvalue weighted by Crippen LogP contribution is 2.23. The SMILES string of the molecule is COc1cc(C(=O)N(Cc2cccs2)CC2CCCO2)ccc1C. The maximum absolute atomic E-state index is 13.1. The molecule has 3 rings (SSSR count). The van der Waals surface area contributed by atoms with E-state index in [9.17, 15) is 4.79 Å². The number of hydrogen-bond donors (Lipinski definition) is 0. The van der Waals surface area contributed by atoms with E-state index in [0.29, 0.717) is 18.7 Å². The van der Waals surface area contributed by atoms with Gasteiger partial charge in [-0.25, -0.2) is 0 Å². The number of carbonyl (C=O) groups is 1. The van der Waals surface area contributed by atoms with E-state index in [2.05, 4.69) is 6.07 Å². The highest BCUT2D eigenvalue weighted by atomic mass is 32.1. The van der Waals surface area contributed by atoms with Crippen molar-refractivity contribution in [2.45, 2.75) is 32.4 Å². The van der Waals surface area contributed by atoms with Gasteiger partial charge < -0.3 is 14.4 Å². The highest BCUT2D eigenvalue weighted by molar-refractivity contribution is 7.09. The van der Waals surface area contributed by atoms with Crippen molar-refractivity contribution in [2.75, 3.05) is 20.3 Å². The topological polar surface area (TPSA) is 38.8 Å². The summed E-state index contributed by atoms with van der Waals surface area (Å²) in [6.45, 7) is 4.02. The fraction of sp³-hybridized carbons (Fsp3) is 0.421. The van der Waals surface area contributed by atoms with Gasteiger partial charge in [0, 0.05) is 23.6 Å². The second-order valence-corrected chi connectivity index (χ2v) is 7.12. The number of thiophene rings is 1. The first-order valence-corrected chi connectivity index (χ1v) is 9.13. The first-order chi connectivity index (χ1) is 11.7. The average molecular weight is 345 g/mol. The van der Waals surface area contributed by atoms with E-state index in [4.69, 9.17) is 9.47 Å². The Morgan fingerprint density at radius 1 is 1.42 bits per heavy atom. The molecule has 128 valence electrons. The second-order valence-electron chi connectivity index (χ2n) is 6.08. The van der Waals surface area contributed by atoms with Crippen LogP contribution in [0.1, 0.15) is 33.6 Å². The van der Waals surface area contributed by atoms with Gasteiger partial charge in [-0.15, -0.1) is 11.3 Å². The Bertz CT molecular complexity index is 678. The number of nitrogens with zero attached hydrogens (tertiary/aromatic N) is 1. The largest absolute Gasteiger partial charge is 0.496 e. The van der Waals surface area contributed by atoms with Gasteiger partial charge in [0.1, 0.15) is 5.75 Å². The van der Waals surface area contributed by atoms with E-state index in [1.54, 1.807) is 18.4 Å². The minimum Gasteiger partial charge on any atom is -0.496 e. The number of benzene rings is 1. The maximum Gasteiger partial charge on any atom is 0.254 e. The number of amides is 1. The van der Waals surface area contributed by atoms with Gasteiger partial charge in [-0.05, 0) is 48.9 Å². The van der Waals surface area contributed by atoms with Crippen molar-refractivity contribution in [3.8, 4) is 5.75 Å². The zero-order valence-electron chi connectivity index (χ0n) is 14.2. The lowest BCUT2D eigenvalue weighted by Crippen LogP contribution is -2.36. The van der Waals surface area contributed by atoms with Crippen molar-refractivity contribution in [3.05, 3.63) is 51.7 Å². The molecular weight excluding hydrogens is 322 g/mol. The fourth-order valence-electron chi connectivity index (χ4n) is 2.98. The van der Waals surface area contributed by atoms with Crippen LogP contribution < -0.4 is 4.74 Å². The molecule has 1 fully saturated rings. The molecule has 24 heavy (non-hydrogen) atoms. The van der Waals surface area contributed by atoms with E-state index >= 15 is 0 Å². The molecule has 1 aliphatic rings.